The first-order valence-corrected chi connectivity index (χ1v) is 8.17. The van der Waals surface area contributed by atoms with E-state index in [1.54, 1.807) is 11.3 Å². The van der Waals surface area contributed by atoms with Gasteiger partial charge in [-0.15, -0.1) is 11.3 Å². The SMILES string of the molecule is Cc1ccc(-c2cn3c4c(sc3n2)CCC4C(=O)O)c(C)c1. The molecule has 4 nitrogen and oxygen atoms in total. The van der Waals surface area contributed by atoms with Crippen LogP contribution in [0.25, 0.3) is 16.2 Å². The van der Waals surface area contributed by atoms with E-state index in [2.05, 4.69) is 32.0 Å². The maximum Gasteiger partial charge on any atom is 0.312 e. The fraction of sp³-hybridized carbons (Fsp3) is 0.294. The normalized spacial score (nSPS) is 17.1. The highest BCUT2D eigenvalue weighted by Gasteiger charge is 2.33. The molecule has 0 spiro atoms. The lowest BCUT2D eigenvalue weighted by Gasteiger charge is -2.05. The molecular weight excluding hydrogens is 296 g/mol. The van der Waals surface area contributed by atoms with E-state index in [1.807, 2.05) is 10.6 Å². The Morgan fingerprint density at radius 2 is 2.23 bits per heavy atom. The van der Waals surface area contributed by atoms with Gasteiger partial charge in [0.1, 0.15) is 0 Å². The molecule has 0 amide bonds. The first kappa shape index (κ1) is 13.5. The molecule has 1 unspecified atom stereocenters. The zero-order chi connectivity index (χ0) is 15.4. The molecule has 112 valence electrons. The number of nitrogens with zero attached hydrogens (tertiary/aromatic N) is 2. The van der Waals surface area contributed by atoms with Crippen molar-refractivity contribution in [2.45, 2.75) is 32.6 Å². The third-order valence-electron chi connectivity index (χ3n) is 4.38. The topological polar surface area (TPSA) is 54.6 Å². The van der Waals surface area contributed by atoms with Crippen molar-refractivity contribution < 1.29 is 9.90 Å². The number of thiazole rings is 1. The Kier molecular flexibility index (Phi) is 2.87. The highest BCUT2D eigenvalue weighted by Crippen LogP contribution is 2.40. The lowest BCUT2D eigenvalue weighted by molar-refractivity contribution is -0.138. The Labute approximate surface area is 132 Å². The van der Waals surface area contributed by atoms with Crippen LogP contribution in [0.4, 0.5) is 0 Å². The predicted molar refractivity (Wildman–Crippen MR) is 86.7 cm³/mol. The van der Waals surface area contributed by atoms with Crippen LogP contribution in [0.5, 0.6) is 0 Å². The van der Waals surface area contributed by atoms with Crippen molar-refractivity contribution >= 4 is 22.3 Å². The van der Waals surface area contributed by atoms with Crippen molar-refractivity contribution in [3.63, 3.8) is 0 Å². The Morgan fingerprint density at radius 3 is 2.95 bits per heavy atom. The van der Waals surface area contributed by atoms with Crippen LogP contribution < -0.4 is 0 Å². The Hall–Kier alpha value is -2.14. The lowest BCUT2D eigenvalue weighted by atomic mass is 10.0. The zero-order valence-corrected chi connectivity index (χ0v) is 13.3. The van der Waals surface area contributed by atoms with Crippen molar-refractivity contribution in [1.29, 1.82) is 0 Å². The molecule has 4 rings (SSSR count). The van der Waals surface area contributed by atoms with Crippen LogP contribution in [0.2, 0.25) is 0 Å². The second-order valence-electron chi connectivity index (χ2n) is 5.94. The van der Waals surface area contributed by atoms with E-state index in [9.17, 15) is 9.90 Å². The molecule has 0 saturated heterocycles. The standard InChI is InChI=1S/C17H16N2O2S/c1-9-3-4-11(10(2)7-9)13-8-19-15-12(16(20)21)5-6-14(15)22-17(19)18-13/h3-4,7-8,12H,5-6H2,1-2H3,(H,20,21). The zero-order valence-electron chi connectivity index (χ0n) is 12.5. The van der Waals surface area contributed by atoms with E-state index in [-0.39, 0.29) is 0 Å². The largest absolute Gasteiger partial charge is 0.481 e. The van der Waals surface area contributed by atoms with E-state index < -0.39 is 11.9 Å². The van der Waals surface area contributed by atoms with Gasteiger partial charge in [0.25, 0.3) is 0 Å². The number of aliphatic carboxylic acids is 1. The number of fused-ring (bicyclic) bond motifs is 3. The number of aromatic nitrogens is 2. The Balaban J connectivity index is 1.87. The average Bonchev–Trinajstić information content (AvgIpc) is 3.08. The molecule has 5 heteroatoms. The van der Waals surface area contributed by atoms with Crippen LogP contribution in [0, 0.1) is 13.8 Å². The van der Waals surface area contributed by atoms with E-state index >= 15 is 0 Å². The molecule has 1 aliphatic rings. The van der Waals surface area contributed by atoms with Crippen molar-refractivity contribution in [3.8, 4) is 11.3 Å². The van der Waals surface area contributed by atoms with Crippen molar-refractivity contribution in [3.05, 3.63) is 46.1 Å². The number of imidazole rings is 1. The first-order chi connectivity index (χ1) is 10.5. The maximum absolute atomic E-state index is 11.4. The summed E-state index contributed by atoms with van der Waals surface area (Å²) >= 11 is 1.62. The van der Waals surface area contributed by atoms with Crippen molar-refractivity contribution in [2.24, 2.45) is 0 Å². The van der Waals surface area contributed by atoms with Crippen molar-refractivity contribution in [1.82, 2.24) is 9.38 Å². The second kappa shape index (κ2) is 4.68. The van der Waals surface area contributed by atoms with Crippen LogP contribution >= 0.6 is 11.3 Å². The summed E-state index contributed by atoms with van der Waals surface area (Å²) in [6.45, 7) is 4.16. The van der Waals surface area contributed by atoms with Gasteiger partial charge in [-0.1, -0.05) is 23.8 Å². The van der Waals surface area contributed by atoms with Crippen LogP contribution in [-0.2, 0) is 11.2 Å². The van der Waals surface area contributed by atoms with E-state index in [0.717, 1.165) is 28.3 Å². The molecule has 0 bridgehead atoms. The molecular formula is C17H16N2O2S. The minimum absolute atomic E-state index is 0.398. The number of aryl methyl sites for hydroxylation is 3. The third-order valence-corrected chi connectivity index (χ3v) is 5.51. The molecule has 0 saturated carbocycles. The summed E-state index contributed by atoms with van der Waals surface area (Å²) in [6, 6.07) is 6.32. The molecule has 2 heterocycles. The molecule has 1 aromatic carbocycles. The summed E-state index contributed by atoms with van der Waals surface area (Å²) in [5.74, 6) is -1.13. The average molecular weight is 312 g/mol. The van der Waals surface area contributed by atoms with E-state index in [4.69, 9.17) is 4.98 Å². The fourth-order valence-electron chi connectivity index (χ4n) is 3.33. The number of hydrogen-bond acceptors (Lipinski definition) is 3. The Morgan fingerprint density at radius 1 is 1.41 bits per heavy atom. The van der Waals surface area contributed by atoms with Gasteiger partial charge < -0.3 is 5.11 Å². The highest BCUT2D eigenvalue weighted by molar-refractivity contribution is 7.17. The molecule has 3 aromatic rings. The van der Waals surface area contributed by atoms with Crippen LogP contribution in [0.3, 0.4) is 0 Å². The molecule has 2 aromatic heterocycles. The minimum atomic E-state index is -0.736. The Bertz CT molecular complexity index is 907. The summed E-state index contributed by atoms with van der Waals surface area (Å²) < 4.78 is 1.99. The molecule has 22 heavy (non-hydrogen) atoms. The molecule has 1 aliphatic carbocycles. The van der Waals surface area contributed by atoms with Gasteiger partial charge in [-0.05, 0) is 32.3 Å². The van der Waals surface area contributed by atoms with Gasteiger partial charge in [-0.25, -0.2) is 4.98 Å². The molecule has 1 atom stereocenters. The number of rotatable bonds is 2. The van der Waals surface area contributed by atoms with Crippen LogP contribution in [-0.4, -0.2) is 20.5 Å². The number of carboxylic acids is 1. The number of benzene rings is 1. The third kappa shape index (κ3) is 1.89. The summed E-state index contributed by atoms with van der Waals surface area (Å²) in [4.78, 5) is 18.2. The quantitative estimate of drug-likeness (QED) is 0.783. The van der Waals surface area contributed by atoms with Crippen LogP contribution in [0.15, 0.2) is 24.4 Å². The monoisotopic (exact) mass is 312 g/mol. The van der Waals surface area contributed by atoms with E-state index in [1.165, 1.54) is 16.0 Å². The van der Waals surface area contributed by atoms with Gasteiger partial charge >= 0.3 is 5.97 Å². The molecule has 1 N–H and O–H groups in total. The van der Waals surface area contributed by atoms with Gasteiger partial charge in [-0.2, -0.15) is 0 Å². The second-order valence-corrected chi connectivity index (χ2v) is 7.00. The lowest BCUT2D eigenvalue weighted by Crippen LogP contribution is -2.09. The summed E-state index contributed by atoms with van der Waals surface area (Å²) in [7, 11) is 0. The maximum atomic E-state index is 11.4. The van der Waals surface area contributed by atoms with Gasteiger partial charge in [-0.3, -0.25) is 9.20 Å². The first-order valence-electron chi connectivity index (χ1n) is 7.35. The summed E-state index contributed by atoms with van der Waals surface area (Å²) in [5, 5.41) is 9.41. The highest BCUT2D eigenvalue weighted by atomic mass is 32.1. The minimum Gasteiger partial charge on any atom is -0.481 e. The number of hydrogen-bond donors (Lipinski definition) is 1. The van der Waals surface area contributed by atoms with Crippen molar-refractivity contribution in [2.75, 3.05) is 0 Å². The molecule has 0 aliphatic heterocycles. The van der Waals surface area contributed by atoms with Crippen LogP contribution in [0.1, 0.15) is 34.0 Å². The summed E-state index contributed by atoms with van der Waals surface area (Å²) in [5.41, 5.74) is 5.38. The summed E-state index contributed by atoms with van der Waals surface area (Å²) in [6.07, 6.45) is 3.53. The predicted octanol–water partition coefficient (Wildman–Crippen LogP) is 3.79. The molecule has 0 fully saturated rings. The van der Waals surface area contributed by atoms with Gasteiger partial charge in [0, 0.05) is 16.6 Å². The fourth-order valence-corrected chi connectivity index (χ4v) is 4.51. The van der Waals surface area contributed by atoms with Gasteiger partial charge in [0.05, 0.1) is 17.3 Å². The van der Waals surface area contributed by atoms with Gasteiger partial charge in [0.15, 0.2) is 4.96 Å². The number of carbonyl (C=O) groups is 1. The smallest absolute Gasteiger partial charge is 0.312 e. The number of carboxylic acid groups (broad SMARTS) is 1. The molecule has 0 radical (unpaired) electrons. The van der Waals surface area contributed by atoms with E-state index in [0.29, 0.717) is 6.42 Å². The van der Waals surface area contributed by atoms with Gasteiger partial charge in [0.2, 0.25) is 0 Å².